The molecule has 1 aliphatic heterocycles. The number of rotatable bonds is 5. The Morgan fingerprint density at radius 2 is 1.81 bits per heavy atom. The summed E-state index contributed by atoms with van der Waals surface area (Å²) in [7, 11) is 1.91. The Morgan fingerprint density at radius 1 is 1.06 bits per heavy atom. The molecule has 0 bridgehead atoms. The minimum atomic E-state index is -0.514. The van der Waals surface area contributed by atoms with Crippen molar-refractivity contribution >= 4 is 23.4 Å². The number of fused-ring (bicyclic) bond motifs is 1. The number of hydrogen-bond acceptors (Lipinski definition) is 6. The van der Waals surface area contributed by atoms with Gasteiger partial charge in [0, 0.05) is 37.2 Å². The summed E-state index contributed by atoms with van der Waals surface area (Å²) in [5.41, 5.74) is 2.89. The minimum absolute atomic E-state index is 0.110. The fourth-order valence-electron chi connectivity index (χ4n) is 4.19. The van der Waals surface area contributed by atoms with Crippen LogP contribution in [0.5, 0.6) is 11.5 Å². The van der Waals surface area contributed by atoms with Gasteiger partial charge < -0.3 is 19.4 Å². The van der Waals surface area contributed by atoms with Crippen molar-refractivity contribution in [3.63, 3.8) is 0 Å². The second kappa shape index (κ2) is 8.50. The standard InChI is InChI=1S/C24H26N4O3S/c1-16-6-8-17(9-7-16)22-26-27-23(28(22)2)32-15-21(29)25-18-10-11-19-20(14-18)31-24(30-19)12-4-3-5-13-24/h6-11,14H,3-5,12-13,15H2,1-2H3,(H,25,29). The number of aromatic nitrogens is 3. The van der Waals surface area contributed by atoms with E-state index in [-0.39, 0.29) is 11.7 Å². The van der Waals surface area contributed by atoms with E-state index in [9.17, 15) is 4.79 Å². The van der Waals surface area contributed by atoms with Gasteiger partial charge in [0.15, 0.2) is 22.5 Å². The minimum Gasteiger partial charge on any atom is -0.448 e. The van der Waals surface area contributed by atoms with Crippen LogP contribution in [-0.2, 0) is 11.8 Å². The molecule has 1 N–H and O–H groups in total. The molecular weight excluding hydrogens is 424 g/mol. The fourth-order valence-corrected chi connectivity index (χ4v) is 4.90. The second-order valence-corrected chi connectivity index (χ2v) is 9.35. The maximum absolute atomic E-state index is 12.5. The van der Waals surface area contributed by atoms with E-state index in [1.807, 2.05) is 54.1 Å². The van der Waals surface area contributed by atoms with Crippen LogP contribution in [0.1, 0.15) is 37.7 Å². The molecule has 5 rings (SSSR count). The van der Waals surface area contributed by atoms with Crippen LogP contribution in [-0.4, -0.2) is 32.2 Å². The number of benzene rings is 2. The molecule has 1 amide bonds. The molecule has 1 fully saturated rings. The van der Waals surface area contributed by atoms with E-state index in [1.165, 1.54) is 23.7 Å². The molecule has 2 aromatic carbocycles. The number of amides is 1. The maximum atomic E-state index is 12.5. The maximum Gasteiger partial charge on any atom is 0.251 e. The SMILES string of the molecule is Cc1ccc(-c2nnc(SCC(=O)Nc3ccc4c(c3)OC3(CCCCC3)O4)n2C)cc1. The average Bonchev–Trinajstić information content (AvgIpc) is 3.32. The molecule has 32 heavy (non-hydrogen) atoms. The highest BCUT2D eigenvalue weighted by Crippen LogP contribution is 2.46. The number of hydrogen-bond donors (Lipinski definition) is 1. The highest BCUT2D eigenvalue weighted by Gasteiger charge is 2.42. The van der Waals surface area contributed by atoms with Gasteiger partial charge in [-0.25, -0.2) is 0 Å². The third-order valence-electron chi connectivity index (χ3n) is 5.91. The molecule has 0 saturated heterocycles. The predicted octanol–water partition coefficient (Wildman–Crippen LogP) is 4.95. The summed E-state index contributed by atoms with van der Waals surface area (Å²) < 4.78 is 14.2. The Hall–Kier alpha value is -3.00. The predicted molar refractivity (Wildman–Crippen MR) is 124 cm³/mol. The Balaban J connectivity index is 1.20. The molecule has 0 unspecified atom stereocenters. The lowest BCUT2D eigenvalue weighted by atomic mass is 9.94. The molecular formula is C24H26N4O3S. The lowest BCUT2D eigenvalue weighted by molar-refractivity contribution is -0.113. The number of carbonyl (C=O) groups excluding carboxylic acids is 1. The lowest BCUT2D eigenvalue weighted by Crippen LogP contribution is -2.40. The largest absolute Gasteiger partial charge is 0.448 e. The molecule has 2 aliphatic rings. The molecule has 0 radical (unpaired) electrons. The van der Waals surface area contributed by atoms with Gasteiger partial charge in [-0.05, 0) is 31.9 Å². The molecule has 1 aliphatic carbocycles. The van der Waals surface area contributed by atoms with Crippen LogP contribution in [0.4, 0.5) is 5.69 Å². The Morgan fingerprint density at radius 3 is 2.59 bits per heavy atom. The van der Waals surface area contributed by atoms with Crippen molar-refractivity contribution in [1.29, 1.82) is 0 Å². The van der Waals surface area contributed by atoms with Crippen LogP contribution in [0.2, 0.25) is 0 Å². The first-order chi connectivity index (χ1) is 15.5. The zero-order chi connectivity index (χ0) is 22.1. The number of aryl methyl sites for hydroxylation is 1. The third kappa shape index (κ3) is 4.19. The second-order valence-electron chi connectivity index (χ2n) is 8.41. The number of carbonyl (C=O) groups is 1. The van der Waals surface area contributed by atoms with Crippen molar-refractivity contribution in [3.8, 4) is 22.9 Å². The van der Waals surface area contributed by atoms with Crippen LogP contribution in [0.15, 0.2) is 47.6 Å². The van der Waals surface area contributed by atoms with E-state index in [2.05, 4.69) is 22.4 Å². The van der Waals surface area contributed by atoms with Crippen molar-refractivity contribution < 1.29 is 14.3 Å². The molecule has 1 saturated carbocycles. The molecule has 8 heteroatoms. The Kier molecular flexibility index (Phi) is 5.55. The van der Waals surface area contributed by atoms with Crippen molar-refractivity contribution in [2.75, 3.05) is 11.1 Å². The first-order valence-corrected chi connectivity index (χ1v) is 11.9. The number of anilines is 1. The van der Waals surface area contributed by atoms with E-state index in [0.29, 0.717) is 16.6 Å². The molecule has 1 aromatic heterocycles. The summed E-state index contributed by atoms with van der Waals surface area (Å²) in [5.74, 6) is 1.84. The third-order valence-corrected chi connectivity index (χ3v) is 6.93. The first kappa shape index (κ1) is 20.9. The fraction of sp³-hybridized carbons (Fsp3) is 0.375. The van der Waals surface area contributed by atoms with Crippen LogP contribution in [0, 0.1) is 6.92 Å². The van der Waals surface area contributed by atoms with E-state index < -0.39 is 5.79 Å². The van der Waals surface area contributed by atoms with E-state index in [4.69, 9.17) is 9.47 Å². The Labute approximate surface area is 191 Å². The van der Waals surface area contributed by atoms with Gasteiger partial charge >= 0.3 is 0 Å². The topological polar surface area (TPSA) is 78.3 Å². The molecule has 7 nitrogen and oxygen atoms in total. The number of nitrogens with zero attached hydrogens (tertiary/aromatic N) is 3. The zero-order valence-corrected chi connectivity index (χ0v) is 19.1. The summed E-state index contributed by atoms with van der Waals surface area (Å²) in [6.45, 7) is 2.05. The zero-order valence-electron chi connectivity index (χ0n) is 18.3. The summed E-state index contributed by atoms with van der Waals surface area (Å²) in [6.07, 6.45) is 5.26. The van der Waals surface area contributed by atoms with Crippen LogP contribution in [0.25, 0.3) is 11.4 Å². The summed E-state index contributed by atoms with van der Waals surface area (Å²) in [4.78, 5) is 12.5. The number of ether oxygens (including phenoxy) is 2. The van der Waals surface area contributed by atoms with E-state index >= 15 is 0 Å². The highest BCUT2D eigenvalue weighted by atomic mass is 32.2. The van der Waals surface area contributed by atoms with Gasteiger partial charge in [-0.1, -0.05) is 48.0 Å². The van der Waals surface area contributed by atoms with Gasteiger partial charge in [-0.15, -0.1) is 10.2 Å². The van der Waals surface area contributed by atoms with Crippen molar-refractivity contribution in [1.82, 2.24) is 14.8 Å². The summed E-state index contributed by atoms with van der Waals surface area (Å²) in [6, 6.07) is 13.7. The number of thioether (sulfide) groups is 1. The van der Waals surface area contributed by atoms with Crippen LogP contribution >= 0.6 is 11.8 Å². The van der Waals surface area contributed by atoms with Gasteiger partial charge in [0.05, 0.1) is 5.75 Å². The van der Waals surface area contributed by atoms with Gasteiger partial charge in [0.1, 0.15) is 0 Å². The average molecular weight is 451 g/mol. The molecule has 0 atom stereocenters. The van der Waals surface area contributed by atoms with Crippen molar-refractivity contribution in [3.05, 3.63) is 48.0 Å². The van der Waals surface area contributed by atoms with Gasteiger partial charge in [-0.2, -0.15) is 0 Å². The van der Waals surface area contributed by atoms with Crippen LogP contribution < -0.4 is 14.8 Å². The van der Waals surface area contributed by atoms with E-state index in [0.717, 1.165) is 42.8 Å². The summed E-state index contributed by atoms with van der Waals surface area (Å²) in [5, 5.41) is 12.2. The molecule has 1 spiro atoms. The van der Waals surface area contributed by atoms with Gasteiger partial charge in [-0.3, -0.25) is 4.79 Å². The van der Waals surface area contributed by atoms with Gasteiger partial charge in [0.25, 0.3) is 5.79 Å². The number of nitrogens with one attached hydrogen (secondary N) is 1. The van der Waals surface area contributed by atoms with Crippen molar-refractivity contribution in [2.45, 2.75) is 50.0 Å². The van der Waals surface area contributed by atoms with Crippen LogP contribution in [0.3, 0.4) is 0 Å². The highest BCUT2D eigenvalue weighted by molar-refractivity contribution is 7.99. The monoisotopic (exact) mass is 450 g/mol. The van der Waals surface area contributed by atoms with Crippen molar-refractivity contribution in [2.24, 2.45) is 7.05 Å². The normalized spacial score (nSPS) is 16.3. The molecule has 3 aromatic rings. The smallest absolute Gasteiger partial charge is 0.251 e. The summed E-state index contributed by atoms with van der Waals surface area (Å²) >= 11 is 1.36. The molecule has 2 heterocycles. The molecule has 166 valence electrons. The quantitative estimate of drug-likeness (QED) is 0.554. The Bertz CT molecular complexity index is 1140. The first-order valence-electron chi connectivity index (χ1n) is 10.9. The lowest BCUT2D eigenvalue weighted by Gasteiger charge is -2.31. The van der Waals surface area contributed by atoms with E-state index in [1.54, 1.807) is 0 Å². The van der Waals surface area contributed by atoms with Gasteiger partial charge in [0.2, 0.25) is 5.91 Å².